The van der Waals surface area contributed by atoms with E-state index in [1.54, 1.807) is 6.20 Å². The molecule has 0 radical (unpaired) electrons. The van der Waals surface area contributed by atoms with Crippen molar-refractivity contribution >= 4 is 46.4 Å². The van der Waals surface area contributed by atoms with Crippen molar-refractivity contribution in [3.8, 4) is 0 Å². The first kappa shape index (κ1) is 31.1. The highest BCUT2D eigenvalue weighted by Crippen LogP contribution is 2.19. The van der Waals surface area contributed by atoms with Crippen LogP contribution in [0.15, 0.2) is 30.5 Å². The third kappa shape index (κ3) is 9.31. The number of aliphatic carboxylic acids is 1. The number of hydrogen-bond donors (Lipinski definition) is 8. The van der Waals surface area contributed by atoms with E-state index in [0.29, 0.717) is 31.6 Å². The summed E-state index contributed by atoms with van der Waals surface area (Å²) < 4.78 is 0. The second kappa shape index (κ2) is 16.0. The van der Waals surface area contributed by atoms with Crippen LogP contribution in [0.4, 0.5) is 0 Å². The van der Waals surface area contributed by atoms with Crippen molar-refractivity contribution in [3.05, 3.63) is 36.0 Å². The number of aromatic amines is 1. The highest BCUT2D eigenvalue weighted by atomic mass is 32.2. The number of carboxylic acids is 1. The lowest BCUT2D eigenvalue weighted by Gasteiger charge is -2.24. The Labute approximate surface area is 225 Å². The van der Waals surface area contributed by atoms with Gasteiger partial charge in [0.2, 0.25) is 17.7 Å². The van der Waals surface area contributed by atoms with Gasteiger partial charge in [-0.25, -0.2) is 4.79 Å². The largest absolute Gasteiger partial charge is 0.480 e. The second-order valence-electron chi connectivity index (χ2n) is 8.94. The van der Waals surface area contributed by atoms with Crippen LogP contribution in [-0.4, -0.2) is 88.2 Å². The second-order valence-corrected chi connectivity index (χ2v) is 9.93. The molecule has 0 aliphatic heterocycles. The van der Waals surface area contributed by atoms with Crippen LogP contribution >= 0.6 is 11.8 Å². The van der Waals surface area contributed by atoms with Crippen molar-refractivity contribution in [1.29, 1.82) is 0 Å². The minimum Gasteiger partial charge on any atom is -0.480 e. The predicted octanol–water partition coefficient (Wildman–Crippen LogP) is -0.549. The maximum Gasteiger partial charge on any atom is 0.326 e. The Morgan fingerprint density at radius 2 is 1.63 bits per heavy atom. The van der Waals surface area contributed by atoms with E-state index in [-0.39, 0.29) is 12.8 Å². The Kier molecular flexibility index (Phi) is 13.1. The van der Waals surface area contributed by atoms with E-state index < -0.39 is 54.5 Å². The first-order valence-electron chi connectivity index (χ1n) is 12.5. The summed E-state index contributed by atoms with van der Waals surface area (Å²) >= 11 is 1.43. The van der Waals surface area contributed by atoms with Gasteiger partial charge in [0.25, 0.3) is 0 Å². The van der Waals surface area contributed by atoms with Gasteiger partial charge in [0, 0.05) is 23.5 Å². The summed E-state index contributed by atoms with van der Waals surface area (Å²) in [5.74, 6) is -2.82. The molecule has 0 saturated heterocycles. The maximum atomic E-state index is 13.3. The number of amides is 3. The van der Waals surface area contributed by atoms with E-state index >= 15 is 0 Å². The third-order valence-electron chi connectivity index (χ3n) is 6.08. The molecule has 0 spiro atoms. The van der Waals surface area contributed by atoms with Crippen LogP contribution in [0.5, 0.6) is 0 Å². The van der Waals surface area contributed by atoms with Crippen LogP contribution in [0.3, 0.4) is 0 Å². The summed E-state index contributed by atoms with van der Waals surface area (Å²) in [7, 11) is 0. The summed E-state index contributed by atoms with van der Waals surface area (Å²) in [4.78, 5) is 53.4. The molecule has 1 aromatic carbocycles. The van der Waals surface area contributed by atoms with Crippen molar-refractivity contribution in [2.75, 3.05) is 25.2 Å². The Balaban J connectivity index is 2.19. The van der Waals surface area contributed by atoms with Crippen molar-refractivity contribution < 1.29 is 29.4 Å². The molecule has 13 heteroatoms. The van der Waals surface area contributed by atoms with Crippen LogP contribution in [0.1, 0.15) is 31.2 Å². The van der Waals surface area contributed by atoms with E-state index in [1.165, 1.54) is 11.8 Å². The quantitative estimate of drug-likeness (QED) is 0.119. The number of aromatic nitrogens is 1. The van der Waals surface area contributed by atoms with Gasteiger partial charge in [0.05, 0.1) is 12.6 Å². The van der Waals surface area contributed by atoms with Crippen LogP contribution in [0, 0.1) is 0 Å². The third-order valence-corrected chi connectivity index (χ3v) is 6.72. The molecule has 0 fully saturated rings. The van der Waals surface area contributed by atoms with E-state index in [2.05, 4.69) is 20.9 Å². The fraction of sp³-hybridized carbons (Fsp3) is 0.520. The van der Waals surface area contributed by atoms with Gasteiger partial charge in [-0.05, 0) is 49.4 Å². The monoisotopic (exact) mass is 550 g/mol. The fourth-order valence-corrected chi connectivity index (χ4v) is 4.35. The molecular weight excluding hydrogens is 512 g/mol. The number of fused-ring (bicyclic) bond motifs is 1. The summed E-state index contributed by atoms with van der Waals surface area (Å²) in [6.45, 7) is -0.288. The number of para-hydroxylation sites is 1. The summed E-state index contributed by atoms with van der Waals surface area (Å²) in [5.41, 5.74) is 13.1. The molecule has 210 valence electrons. The smallest absolute Gasteiger partial charge is 0.326 e. The Morgan fingerprint density at radius 1 is 0.974 bits per heavy atom. The lowest BCUT2D eigenvalue weighted by molar-refractivity contribution is -0.142. The summed E-state index contributed by atoms with van der Waals surface area (Å²) in [6.07, 6.45) is 5.55. The normalized spacial score (nSPS) is 14.3. The first-order chi connectivity index (χ1) is 18.2. The van der Waals surface area contributed by atoms with Gasteiger partial charge >= 0.3 is 5.97 Å². The van der Waals surface area contributed by atoms with Gasteiger partial charge in [-0.15, -0.1) is 0 Å². The van der Waals surface area contributed by atoms with Gasteiger partial charge < -0.3 is 42.6 Å². The molecule has 0 aliphatic carbocycles. The molecule has 12 nitrogen and oxygen atoms in total. The fourth-order valence-electron chi connectivity index (χ4n) is 3.88. The van der Waals surface area contributed by atoms with Crippen molar-refractivity contribution in [3.63, 3.8) is 0 Å². The van der Waals surface area contributed by atoms with Gasteiger partial charge in [-0.1, -0.05) is 24.6 Å². The summed E-state index contributed by atoms with van der Waals surface area (Å²) in [5, 5.41) is 27.5. The zero-order chi connectivity index (χ0) is 28.1. The molecule has 0 aliphatic rings. The van der Waals surface area contributed by atoms with Crippen molar-refractivity contribution in [2.45, 2.75) is 56.3 Å². The average molecular weight is 551 g/mol. The molecule has 0 saturated carbocycles. The topological polar surface area (TPSA) is 213 Å². The number of hydrogen-bond acceptors (Lipinski definition) is 8. The number of aliphatic hydroxyl groups is 1. The number of H-pyrrole nitrogens is 1. The Morgan fingerprint density at radius 3 is 2.29 bits per heavy atom. The molecule has 3 amide bonds. The van der Waals surface area contributed by atoms with Crippen molar-refractivity contribution in [2.24, 2.45) is 11.5 Å². The lowest BCUT2D eigenvalue weighted by Crippen LogP contribution is -2.58. The Hall–Kier alpha value is -3.13. The standard InChI is InChI=1S/C25H38N6O6S/c1-38-11-9-19(25(36)37)29-24(35)21(14-32)31-23(34)20(30-22(33)17(27)7-4-5-10-26)12-15-13-28-18-8-3-2-6-16(15)18/h2-3,6,8,13,17,19-21,28,32H,4-5,7,9-12,14,26-27H2,1H3,(H,29,35)(H,30,33)(H,31,34)(H,36,37). The zero-order valence-electron chi connectivity index (χ0n) is 21.4. The first-order valence-corrected chi connectivity index (χ1v) is 13.9. The zero-order valence-corrected chi connectivity index (χ0v) is 22.3. The number of carbonyl (C=O) groups is 4. The maximum absolute atomic E-state index is 13.3. The number of carbonyl (C=O) groups excluding carboxylic acids is 3. The number of nitrogens with two attached hydrogens (primary N) is 2. The number of rotatable bonds is 17. The van der Waals surface area contributed by atoms with E-state index in [1.807, 2.05) is 30.5 Å². The molecule has 10 N–H and O–H groups in total. The molecular formula is C25H38N6O6S. The van der Waals surface area contributed by atoms with Gasteiger partial charge in [-0.2, -0.15) is 11.8 Å². The number of carboxylic acid groups (broad SMARTS) is 1. The highest BCUT2D eigenvalue weighted by molar-refractivity contribution is 7.98. The van der Waals surface area contributed by atoms with E-state index in [4.69, 9.17) is 11.5 Å². The number of thioether (sulfide) groups is 1. The average Bonchev–Trinajstić information content (AvgIpc) is 3.31. The highest BCUT2D eigenvalue weighted by Gasteiger charge is 2.30. The van der Waals surface area contributed by atoms with Crippen molar-refractivity contribution in [1.82, 2.24) is 20.9 Å². The molecule has 1 heterocycles. The lowest BCUT2D eigenvalue weighted by atomic mass is 10.0. The van der Waals surface area contributed by atoms with E-state index in [0.717, 1.165) is 16.5 Å². The van der Waals surface area contributed by atoms with Gasteiger partial charge in [0.1, 0.15) is 18.1 Å². The number of benzene rings is 1. The molecule has 0 bridgehead atoms. The number of nitrogens with one attached hydrogen (secondary N) is 4. The molecule has 4 atom stereocenters. The minimum atomic E-state index is -1.42. The number of unbranched alkanes of at least 4 members (excludes halogenated alkanes) is 1. The molecule has 2 aromatic rings. The Bertz CT molecular complexity index is 1080. The minimum absolute atomic E-state index is 0.0857. The molecule has 2 rings (SSSR count). The SMILES string of the molecule is CSCCC(NC(=O)C(CO)NC(=O)C(Cc1c[nH]c2ccccc12)NC(=O)C(N)CCCCN)C(=O)O. The van der Waals surface area contributed by atoms with Crippen LogP contribution in [0.25, 0.3) is 10.9 Å². The van der Waals surface area contributed by atoms with Crippen LogP contribution in [-0.2, 0) is 25.6 Å². The van der Waals surface area contributed by atoms with Gasteiger partial charge in [0.15, 0.2) is 0 Å². The van der Waals surface area contributed by atoms with Gasteiger partial charge in [-0.3, -0.25) is 14.4 Å². The molecule has 4 unspecified atom stereocenters. The van der Waals surface area contributed by atoms with Crippen LogP contribution < -0.4 is 27.4 Å². The molecule has 38 heavy (non-hydrogen) atoms. The van der Waals surface area contributed by atoms with E-state index in [9.17, 15) is 29.4 Å². The predicted molar refractivity (Wildman–Crippen MR) is 146 cm³/mol. The molecule has 1 aromatic heterocycles. The van der Waals surface area contributed by atoms with Crippen LogP contribution in [0.2, 0.25) is 0 Å². The summed E-state index contributed by atoms with van der Waals surface area (Å²) in [6, 6.07) is 2.91. The number of aliphatic hydroxyl groups excluding tert-OH is 1.